The zero-order valence-electron chi connectivity index (χ0n) is 12.7. The molecule has 1 aromatic carbocycles. The Kier molecular flexibility index (Phi) is 5.24. The first kappa shape index (κ1) is 16.9. The van der Waals surface area contributed by atoms with Gasteiger partial charge in [0.1, 0.15) is 23.2 Å². The van der Waals surface area contributed by atoms with E-state index in [9.17, 15) is 13.6 Å². The molecule has 0 aliphatic heterocycles. The van der Waals surface area contributed by atoms with Crippen molar-refractivity contribution in [2.24, 2.45) is 0 Å². The highest BCUT2D eigenvalue weighted by molar-refractivity contribution is 7.99. The lowest BCUT2D eigenvalue weighted by molar-refractivity contribution is -0.113. The lowest BCUT2D eigenvalue weighted by atomic mass is 10.3. The number of rotatable bonds is 6. The van der Waals surface area contributed by atoms with Gasteiger partial charge in [-0.25, -0.2) is 13.8 Å². The van der Waals surface area contributed by atoms with Crippen LogP contribution in [0.25, 0.3) is 12.2 Å². The van der Waals surface area contributed by atoms with Crippen LogP contribution in [0.4, 0.5) is 14.5 Å². The predicted molar refractivity (Wildman–Crippen MR) is 89.7 cm³/mol. The molecule has 2 N–H and O–H groups in total. The molecular formula is C16H12F2N4O2S. The van der Waals surface area contributed by atoms with Gasteiger partial charge < -0.3 is 9.73 Å². The number of aromatic nitrogens is 3. The van der Waals surface area contributed by atoms with Crippen LogP contribution in [0.3, 0.4) is 0 Å². The van der Waals surface area contributed by atoms with Gasteiger partial charge in [0.15, 0.2) is 0 Å². The van der Waals surface area contributed by atoms with Gasteiger partial charge in [0.25, 0.3) is 0 Å². The first-order valence-electron chi connectivity index (χ1n) is 7.11. The molecule has 0 fully saturated rings. The molecule has 0 saturated heterocycles. The van der Waals surface area contributed by atoms with Crippen molar-refractivity contribution in [2.75, 3.05) is 11.1 Å². The number of carbonyl (C=O) groups excluding carboxylic acids is 1. The number of nitrogens with zero attached hydrogens (tertiary/aromatic N) is 2. The van der Waals surface area contributed by atoms with Crippen molar-refractivity contribution in [1.82, 2.24) is 15.2 Å². The van der Waals surface area contributed by atoms with Crippen LogP contribution in [-0.2, 0) is 4.79 Å². The number of furan rings is 1. The molecule has 128 valence electrons. The van der Waals surface area contributed by atoms with E-state index in [-0.39, 0.29) is 11.4 Å². The van der Waals surface area contributed by atoms with Gasteiger partial charge >= 0.3 is 0 Å². The number of halogens is 2. The minimum Gasteiger partial charge on any atom is -0.465 e. The van der Waals surface area contributed by atoms with Gasteiger partial charge in [0, 0.05) is 11.8 Å². The maximum atomic E-state index is 13.1. The van der Waals surface area contributed by atoms with Crippen molar-refractivity contribution in [3.8, 4) is 0 Å². The smallest absolute Gasteiger partial charge is 0.234 e. The van der Waals surface area contributed by atoms with Crippen LogP contribution in [0.1, 0.15) is 11.6 Å². The van der Waals surface area contributed by atoms with Crippen molar-refractivity contribution in [3.63, 3.8) is 0 Å². The summed E-state index contributed by atoms with van der Waals surface area (Å²) in [7, 11) is 0. The predicted octanol–water partition coefficient (Wildman–Crippen LogP) is 3.58. The molecule has 0 unspecified atom stereocenters. The summed E-state index contributed by atoms with van der Waals surface area (Å²) in [5.74, 6) is -0.766. The van der Waals surface area contributed by atoms with E-state index < -0.39 is 17.5 Å². The first-order chi connectivity index (χ1) is 12.1. The van der Waals surface area contributed by atoms with Crippen LogP contribution < -0.4 is 5.32 Å². The highest BCUT2D eigenvalue weighted by atomic mass is 32.2. The van der Waals surface area contributed by atoms with Crippen LogP contribution in [-0.4, -0.2) is 26.8 Å². The molecule has 6 nitrogen and oxygen atoms in total. The number of nitrogens with one attached hydrogen (secondary N) is 2. The van der Waals surface area contributed by atoms with Crippen LogP contribution in [0.5, 0.6) is 0 Å². The third kappa shape index (κ3) is 5.01. The second kappa shape index (κ2) is 7.75. The summed E-state index contributed by atoms with van der Waals surface area (Å²) in [4.78, 5) is 16.0. The summed E-state index contributed by atoms with van der Waals surface area (Å²) >= 11 is 1.09. The molecule has 9 heteroatoms. The first-order valence-corrected chi connectivity index (χ1v) is 8.10. The number of aromatic amines is 1. The van der Waals surface area contributed by atoms with Gasteiger partial charge in [-0.1, -0.05) is 11.8 Å². The number of amides is 1. The highest BCUT2D eigenvalue weighted by Crippen LogP contribution is 2.16. The summed E-state index contributed by atoms with van der Waals surface area (Å²) in [6.07, 6.45) is 4.97. The van der Waals surface area contributed by atoms with Gasteiger partial charge in [-0.05, 0) is 36.4 Å². The molecule has 0 spiro atoms. The molecule has 0 bridgehead atoms. The third-order valence-corrected chi connectivity index (χ3v) is 3.76. The molecule has 0 radical (unpaired) electrons. The van der Waals surface area contributed by atoms with Crippen LogP contribution in [0.2, 0.25) is 0 Å². The highest BCUT2D eigenvalue weighted by Gasteiger charge is 2.09. The van der Waals surface area contributed by atoms with E-state index in [2.05, 4.69) is 20.5 Å². The van der Waals surface area contributed by atoms with Crippen molar-refractivity contribution in [2.45, 2.75) is 5.16 Å². The maximum Gasteiger partial charge on any atom is 0.234 e. The van der Waals surface area contributed by atoms with Gasteiger partial charge in [0.2, 0.25) is 11.1 Å². The Morgan fingerprint density at radius 1 is 1.28 bits per heavy atom. The minimum absolute atomic E-state index is 0.00265. The zero-order chi connectivity index (χ0) is 17.6. The molecular weight excluding hydrogens is 350 g/mol. The van der Waals surface area contributed by atoms with Crippen LogP contribution >= 0.6 is 11.8 Å². The fourth-order valence-corrected chi connectivity index (χ4v) is 2.50. The van der Waals surface area contributed by atoms with Gasteiger partial charge in [-0.15, -0.1) is 5.10 Å². The molecule has 3 rings (SSSR count). The second-order valence-electron chi connectivity index (χ2n) is 4.85. The average Bonchev–Trinajstić information content (AvgIpc) is 3.21. The van der Waals surface area contributed by atoms with Gasteiger partial charge in [-0.3, -0.25) is 9.89 Å². The maximum absolute atomic E-state index is 13.1. The Bertz CT molecular complexity index is 873. The Hall–Kier alpha value is -2.94. The Morgan fingerprint density at radius 3 is 2.80 bits per heavy atom. The molecule has 0 atom stereocenters. The molecule has 3 aromatic rings. The third-order valence-electron chi connectivity index (χ3n) is 2.91. The summed E-state index contributed by atoms with van der Waals surface area (Å²) < 4.78 is 31.3. The lowest BCUT2D eigenvalue weighted by Crippen LogP contribution is -2.14. The van der Waals surface area contributed by atoms with Crippen LogP contribution in [0.15, 0.2) is 46.2 Å². The number of benzene rings is 1. The molecule has 0 aliphatic carbocycles. The number of anilines is 1. The largest absolute Gasteiger partial charge is 0.465 e. The normalized spacial score (nSPS) is 11.1. The van der Waals surface area contributed by atoms with Gasteiger partial charge in [0.05, 0.1) is 12.0 Å². The van der Waals surface area contributed by atoms with E-state index >= 15 is 0 Å². The standard InChI is InChI=1S/C16H12F2N4O2S/c17-10-6-11(18)8-12(7-10)19-15(23)9-25-16-20-14(21-22-16)4-3-13-2-1-5-24-13/h1-8H,9H2,(H,19,23)(H,20,21,22)/b4-3+. The molecule has 0 aliphatic rings. The molecule has 0 saturated carbocycles. The van der Waals surface area contributed by atoms with E-state index in [1.807, 2.05) is 0 Å². The second-order valence-corrected chi connectivity index (χ2v) is 5.79. The number of thioether (sulfide) groups is 1. The molecule has 25 heavy (non-hydrogen) atoms. The number of H-pyrrole nitrogens is 1. The van der Waals surface area contributed by atoms with E-state index in [4.69, 9.17) is 4.42 Å². The monoisotopic (exact) mass is 362 g/mol. The van der Waals surface area contributed by atoms with Crippen molar-refractivity contribution < 1.29 is 18.0 Å². The van der Waals surface area contributed by atoms with Crippen molar-refractivity contribution in [3.05, 3.63) is 59.8 Å². The summed E-state index contributed by atoms with van der Waals surface area (Å²) in [6, 6.07) is 6.37. The molecule has 1 amide bonds. The van der Waals surface area contributed by atoms with E-state index in [1.165, 1.54) is 0 Å². The quantitative estimate of drug-likeness (QED) is 0.655. The van der Waals surface area contributed by atoms with E-state index in [0.29, 0.717) is 16.7 Å². The van der Waals surface area contributed by atoms with E-state index in [0.717, 1.165) is 30.0 Å². The van der Waals surface area contributed by atoms with Crippen LogP contribution in [0, 0.1) is 11.6 Å². The molecule has 2 aromatic heterocycles. The number of hydrogen-bond donors (Lipinski definition) is 2. The van der Waals surface area contributed by atoms with Crippen molar-refractivity contribution >= 4 is 35.5 Å². The lowest BCUT2D eigenvalue weighted by Gasteiger charge is -2.04. The fourth-order valence-electron chi connectivity index (χ4n) is 1.90. The number of carbonyl (C=O) groups is 1. The van der Waals surface area contributed by atoms with E-state index in [1.54, 1.807) is 30.5 Å². The minimum atomic E-state index is -0.759. The Morgan fingerprint density at radius 2 is 2.08 bits per heavy atom. The SMILES string of the molecule is O=C(CSc1n[nH]c(/C=C/c2ccco2)n1)Nc1cc(F)cc(F)c1. The average molecular weight is 362 g/mol. The molecule has 2 heterocycles. The summed E-state index contributed by atoms with van der Waals surface area (Å²) in [5.41, 5.74) is 0.0557. The topological polar surface area (TPSA) is 83.8 Å². The zero-order valence-corrected chi connectivity index (χ0v) is 13.5. The fraction of sp³-hybridized carbons (Fsp3) is 0.0625. The van der Waals surface area contributed by atoms with Gasteiger partial charge in [-0.2, -0.15) is 0 Å². The Labute approximate surface area is 145 Å². The number of hydrogen-bond acceptors (Lipinski definition) is 5. The summed E-state index contributed by atoms with van der Waals surface area (Å²) in [5, 5.41) is 9.47. The summed E-state index contributed by atoms with van der Waals surface area (Å²) in [6.45, 7) is 0. The van der Waals surface area contributed by atoms with Crippen molar-refractivity contribution in [1.29, 1.82) is 0 Å². The Balaban J connectivity index is 1.52.